The maximum Gasteiger partial charge on any atom is 0.0853 e. The van der Waals surface area contributed by atoms with Crippen molar-refractivity contribution in [3.05, 3.63) is 35.9 Å². The molecule has 0 spiro atoms. The van der Waals surface area contributed by atoms with Crippen LogP contribution in [0.15, 0.2) is 30.3 Å². The van der Waals surface area contributed by atoms with Gasteiger partial charge in [-0.3, -0.25) is 0 Å². The first kappa shape index (κ1) is 13.6. The summed E-state index contributed by atoms with van der Waals surface area (Å²) in [7, 11) is 0. The second kappa shape index (κ2) is 5.85. The van der Waals surface area contributed by atoms with E-state index < -0.39 is 0 Å². The highest BCUT2D eigenvalue weighted by Crippen LogP contribution is 2.34. The van der Waals surface area contributed by atoms with E-state index in [1.165, 1.54) is 32.4 Å². The topological polar surface area (TPSA) is 23.5 Å². The average molecular weight is 247 g/mol. The molecule has 2 heteroatoms. The number of hydrogen-bond donors (Lipinski definition) is 1. The highest BCUT2D eigenvalue weighted by atomic mass is 16.3. The number of piperidine rings is 1. The number of benzene rings is 1. The van der Waals surface area contributed by atoms with E-state index in [2.05, 4.69) is 18.7 Å². The number of nitrogens with zero attached hydrogens (tertiary/aromatic N) is 1. The molecule has 1 fully saturated rings. The van der Waals surface area contributed by atoms with E-state index in [4.69, 9.17) is 0 Å². The molecule has 0 bridgehead atoms. The minimum absolute atomic E-state index is 0.0985. The van der Waals surface area contributed by atoms with Crippen LogP contribution in [0.2, 0.25) is 0 Å². The second-order valence-corrected chi connectivity index (χ2v) is 6.14. The zero-order valence-electron chi connectivity index (χ0n) is 11.6. The molecule has 0 saturated carbocycles. The van der Waals surface area contributed by atoms with Crippen LogP contribution in [-0.4, -0.2) is 29.6 Å². The van der Waals surface area contributed by atoms with Crippen molar-refractivity contribution >= 4 is 0 Å². The Morgan fingerprint density at radius 2 is 1.72 bits per heavy atom. The van der Waals surface area contributed by atoms with Gasteiger partial charge in [-0.15, -0.1) is 0 Å². The Hall–Kier alpha value is -0.860. The van der Waals surface area contributed by atoms with Crippen molar-refractivity contribution in [2.75, 3.05) is 19.6 Å². The Morgan fingerprint density at radius 1 is 1.11 bits per heavy atom. The fourth-order valence-corrected chi connectivity index (χ4v) is 2.87. The fourth-order valence-electron chi connectivity index (χ4n) is 2.87. The molecule has 1 aliphatic heterocycles. The van der Waals surface area contributed by atoms with Crippen molar-refractivity contribution < 1.29 is 5.11 Å². The lowest BCUT2D eigenvalue weighted by Gasteiger charge is -2.38. The molecule has 18 heavy (non-hydrogen) atoms. The van der Waals surface area contributed by atoms with Crippen LogP contribution in [0.3, 0.4) is 0 Å². The summed E-state index contributed by atoms with van der Waals surface area (Å²) >= 11 is 0. The van der Waals surface area contributed by atoms with Crippen molar-refractivity contribution in [3.8, 4) is 0 Å². The molecular formula is C16H25NO. The van der Waals surface area contributed by atoms with E-state index in [1.807, 2.05) is 30.3 Å². The van der Waals surface area contributed by atoms with Gasteiger partial charge < -0.3 is 10.0 Å². The van der Waals surface area contributed by atoms with Gasteiger partial charge in [0.1, 0.15) is 0 Å². The van der Waals surface area contributed by atoms with Crippen molar-refractivity contribution in [2.24, 2.45) is 5.41 Å². The van der Waals surface area contributed by atoms with Gasteiger partial charge in [0.15, 0.2) is 0 Å². The monoisotopic (exact) mass is 247 g/mol. The number of hydrogen-bond acceptors (Lipinski definition) is 2. The number of aliphatic hydroxyl groups is 1. The molecule has 2 rings (SSSR count). The average Bonchev–Trinajstić information content (AvgIpc) is 2.39. The molecule has 1 heterocycles. The predicted molar refractivity (Wildman–Crippen MR) is 75.5 cm³/mol. The van der Waals surface area contributed by atoms with Crippen LogP contribution in [0, 0.1) is 5.41 Å². The van der Waals surface area contributed by atoms with Crippen molar-refractivity contribution in [1.29, 1.82) is 0 Å². The second-order valence-electron chi connectivity index (χ2n) is 6.14. The van der Waals surface area contributed by atoms with E-state index >= 15 is 0 Å². The van der Waals surface area contributed by atoms with Crippen LogP contribution in [0.4, 0.5) is 0 Å². The largest absolute Gasteiger partial charge is 0.388 e. The zero-order valence-corrected chi connectivity index (χ0v) is 11.6. The molecule has 0 amide bonds. The van der Waals surface area contributed by atoms with E-state index in [-0.39, 0.29) is 11.5 Å². The van der Waals surface area contributed by atoms with Gasteiger partial charge in [0, 0.05) is 12.0 Å². The van der Waals surface area contributed by atoms with Gasteiger partial charge in [-0.2, -0.15) is 0 Å². The summed E-state index contributed by atoms with van der Waals surface area (Å²) in [6, 6.07) is 10.0. The fraction of sp³-hybridized carbons (Fsp3) is 0.625. The molecule has 0 aliphatic carbocycles. The van der Waals surface area contributed by atoms with Crippen LogP contribution >= 0.6 is 0 Å². The van der Waals surface area contributed by atoms with Crippen molar-refractivity contribution in [2.45, 2.75) is 39.2 Å². The molecule has 1 aromatic carbocycles. The van der Waals surface area contributed by atoms with E-state index in [1.54, 1.807) is 0 Å². The first-order valence-corrected chi connectivity index (χ1v) is 7.05. The summed E-state index contributed by atoms with van der Waals surface area (Å²) in [5.74, 6) is 0. The molecule has 1 unspecified atom stereocenters. The van der Waals surface area contributed by atoms with Crippen molar-refractivity contribution in [3.63, 3.8) is 0 Å². The molecule has 1 aromatic rings. The van der Waals surface area contributed by atoms with Crippen LogP contribution in [-0.2, 0) is 0 Å². The molecule has 1 atom stereocenters. The molecule has 1 N–H and O–H groups in total. The normalized spacial score (nSPS) is 19.7. The minimum Gasteiger partial charge on any atom is -0.388 e. The lowest BCUT2D eigenvalue weighted by molar-refractivity contribution is 0.0159. The van der Waals surface area contributed by atoms with Crippen LogP contribution in [0.1, 0.15) is 44.8 Å². The Balaban J connectivity index is 2.00. The Labute approximate surface area is 111 Å². The third-order valence-corrected chi connectivity index (χ3v) is 3.94. The lowest BCUT2D eigenvalue weighted by Crippen LogP contribution is -2.40. The zero-order chi connectivity index (χ0) is 13.0. The summed E-state index contributed by atoms with van der Waals surface area (Å²) in [6.07, 6.45) is 3.58. The van der Waals surface area contributed by atoms with E-state index in [0.717, 1.165) is 12.1 Å². The van der Waals surface area contributed by atoms with Crippen LogP contribution < -0.4 is 0 Å². The molecule has 2 nitrogen and oxygen atoms in total. The Bertz CT molecular complexity index is 355. The van der Waals surface area contributed by atoms with Crippen LogP contribution in [0.25, 0.3) is 0 Å². The van der Waals surface area contributed by atoms with E-state index in [9.17, 15) is 5.11 Å². The van der Waals surface area contributed by atoms with Crippen molar-refractivity contribution in [1.82, 2.24) is 4.90 Å². The predicted octanol–water partition coefficient (Wildman–Crippen LogP) is 3.23. The summed E-state index contributed by atoms with van der Waals surface area (Å²) in [6.45, 7) is 7.68. The highest BCUT2D eigenvalue weighted by molar-refractivity contribution is 5.19. The molecular weight excluding hydrogens is 222 g/mol. The number of likely N-dealkylation sites (tertiary alicyclic amines) is 1. The van der Waals surface area contributed by atoms with Gasteiger partial charge in [-0.1, -0.05) is 50.6 Å². The van der Waals surface area contributed by atoms with Gasteiger partial charge in [-0.25, -0.2) is 0 Å². The van der Waals surface area contributed by atoms with Gasteiger partial charge >= 0.3 is 0 Å². The van der Waals surface area contributed by atoms with Crippen LogP contribution in [0.5, 0.6) is 0 Å². The third-order valence-electron chi connectivity index (χ3n) is 3.94. The SMILES string of the molecule is CC(C)(CN1CCCCC1)C(O)c1ccccc1. The summed E-state index contributed by atoms with van der Waals surface area (Å²) in [5.41, 5.74) is 0.929. The maximum absolute atomic E-state index is 10.6. The molecule has 1 aliphatic rings. The Kier molecular flexibility index (Phi) is 4.41. The molecule has 1 saturated heterocycles. The number of rotatable bonds is 4. The smallest absolute Gasteiger partial charge is 0.0853 e. The molecule has 0 aromatic heterocycles. The lowest BCUT2D eigenvalue weighted by atomic mass is 9.82. The number of aliphatic hydroxyl groups excluding tert-OH is 1. The third kappa shape index (κ3) is 3.33. The van der Waals surface area contributed by atoms with Gasteiger partial charge in [0.25, 0.3) is 0 Å². The summed E-state index contributed by atoms with van der Waals surface area (Å²) in [5, 5.41) is 10.6. The first-order chi connectivity index (χ1) is 8.59. The Morgan fingerprint density at radius 3 is 2.33 bits per heavy atom. The van der Waals surface area contributed by atoms with E-state index in [0.29, 0.717) is 0 Å². The molecule has 0 radical (unpaired) electrons. The van der Waals surface area contributed by atoms with Gasteiger partial charge in [0.2, 0.25) is 0 Å². The molecule has 100 valence electrons. The van der Waals surface area contributed by atoms with Gasteiger partial charge in [0.05, 0.1) is 6.10 Å². The summed E-state index contributed by atoms with van der Waals surface area (Å²) in [4.78, 5) is 2.50. The minimum atomic E-state index is -0.388. The summed E-state index contributed by atoms with van der Waals surface area (Å²) < 4.78 is 0. The highest BCUT2D eigenvalue weighted by Gasteiger charge is 2.31. The quantitative estimate of drug-likeness (QED) is 0.883. The first-order valence-electron chi connectivity index (χ1n) is 7.05. The standard InChI is InChI=1S/C16H25NO/c1-16(2,13-17-11-7-4-8-12-17)15(18)14-9-5-3-6-10-14/h3,5-6,9-10,15,18H,4,7-8,11-13H2,1-2H3. The maximum atomic E-state index is 10.6. The van der Waals surface area contributed by atoms with Gasteiger partial charge in [-0.05, 0) is 31.5 Å².